The van der Waals surface area contributed by atoms with Crippen molar-refractivity contribution in [2.75, 3.05) is 19.1 Å². The molecule has 0 spiro atoms. The van der Waals surface area contributed by atoms with E-state index in [-0.39, 0.29) is 12.6 Å². The normalized spacial score (nSPS) is 14.8. The van der Waals surface area contributed by atoms with Gasteiger partial charge in [0.25, 0.3) is 0 Å². The number of cyclic esters (lactones) is 1. The second-order valence-electron chi connectivity index (χ2n) is 5.91. The molecule has 0 aliphatic carbocycles. The minimum absolute atomic E-state index is 0.191. The van der Waals surface area contributed by atoms with Crippen LogP contribution in [0.2, 0.25) is 0 Å². The number of rotatable bonds is 4. The third-order valence-corrected chi connectivity index (χ3v) is 6.16. The van der Waals surface area contributed by atoms with E-state index >= 15 is 0 Å². The summed E-state index contributed by atoms with van der Waals surface area (Å²) >= 11 is 1.63. The number of hydrogen-bond acceptors (Lipinski definition) is 5. The summed E-state index contributed by atoms with van der Waals surface area (Å²) in [4.78, 5) is 13.7. The zero-order chi connectivity index (χ0) is 18.2. The van der Waals surface area contributed by atoms with Crippen molar-refractivity contribution in [2.45, 2.75) is 16.7 Å². The maximum atomic E-state index is 12.2. The Morgan fingerprint density at radius 3 is 2.24 bits per heavy atom. The molecule has 4 nitrogen and oxygen atoms in total. The molecule has 6 heteroatoms. The zero-order valence-corrected chi connectivity index (χ0v) is 15.8. The van der Waals surface area contributed by atoms with Gasteiger partial charge in [0.2, 0.25) is 0 Å². The van der Waals surface area contributed by atoms with Crippen molar-refractivity contribution in [1.29, 1.82) is 0 Å². The predicted molar refractivity (Wildman–Crippen MR) is 100 cm³/mol. The molecule has 0 amide bonds. The van der Waals surface area contributed by atoms with Gasteiger partial charge in [0, 0.05) is 16.7 Å². The smallest absolute Gasteiger partial charge is 0.339 e. The Hall–Kier alpha value is -2.05. The monoisotopic (exact) mass is 374 g/mol. The summed E-state index contributed by atoms with van der Waals surface area (Å²) in [5, 5.41) is 0. The molecule has 0 radical (unpaired) electrons. The van der Waals surface area contributed by atoms with Gasteiger partial charge in [-0.25, -0.2) is 13.2 Å². The van der Waals surface area contributed by atoms with Crippen molar-refractivity contribution < 1.29 is 17.9 Å². The lowest BCUT2D eigenvalue weighted by Gasteiger charge is -2.09. The first-order valence-corrected chi connectivity index (χ1v) is 10.8. The van der Waals surface area contributed by atoms with Crippen LogP contribution in [0.15, 0.2) is 52.3 Å². The Balaban J connectivity index is 2.11. The lowest BCUT2D eigenvalue weighted by atomic mass is 9.96. The van der Waals surface area contributed by atoms with Crippen LogP contribution < -0.4 is 0 Å². The highest BCUT2D eigenvalue weighted by molar-refractivity contribution is 7.98. The second kappa shape index (κ2) is 6.69. The largest absolute Gasteiger partial charge is 0.457 e. The number of benzene rings is 2. The van der Waals surface area contributed by atoms with Crippen molar-refractivity contribution in [3.05, 3.63) is 59.2 Å². The Morgan fingerprint density at radius 1 is 1.04 bits per heavy atom. The van der Waals surface area contributed by atoms with Crippen molar-refractivity contribution in [3.8, 4) is 0 Å². The maximum Gasteiger partial charge on any atom is 0.339 e. The van der Waals surface area contributed by atoms with Gasteiger partial charge >= 0.3 is 5.97 Å². The Bertz CT molecular complexity index is 971. The summed E-state index contributed by atoms with van der Waals surface area (Å²) in [5.74, 6) is -0.350. The first kappa shape index (κ1) is 17.8. The van der Waals surface area contributed by atoms with Crippen molar-refractivity contribution in [3.63, 3.8) is 0 Å². The molecule has 1 aliphatic heterocycles. The van der Waals surface area contributed by atoms with Gasteiger partial charge in [0.1, 0.15) is 6.61 Å². The molecule has 0 aromatic heterocycles. The van der Waals surface area contributed by atoms with Gasteiger partial charge in [-0.1, -0.05) is 24.3 Å². The standard InChI is InChI=1S/C19H18O4S2/c1-12-10-14(6-9-17(12)25(3,21)22)16-11-23-19(20)18(16)13-4-7-15(24-2)8-5-13/h4-10H,11H2,1-3H3. The zero-order valence-electron chi connectivity index (χ0n) is 14.2. The average molecular weight is 374 g/mol. The van der Waals surface area contributed by atoms with Crippen LogP contribution in [0.4, 0.5) is 0 Å². The van der Waals surface area contributed by atoms with Gasteiger partial charge in [0.15, 0.2) is 9.84 Å². The molecule has 2 aromatic rings. The lowest BCUT2D eigenvalue weighted by molar-refractivity contribution is -0.133. The van der Waals surface area contributed by atoms with Crippen LogP contribution in [-0.2, 0) is 19.4 Å². The molecule has 1 aliphatic rings. The van der Waals surface area contributed by atoms with Crippen LogP contribution >= 0.6 is 11.8 Å². The Kier molecular flexibility index (Phi) is 4.75. The van der Waals surface area contributed by atoms with Crippen LogP contribution in [0.5, 0.6) is 0 Å². The number of aryl methyl sites for hydroxylation is 1. The molecule has 0 fully saturated rings. The molecule has 0 saturated heterocycles. The van der Waals surface area contributed by atoms with Crippen molar-refractivity contribution in [1.82, 2.24) is 0 Å². The highest BCUT2D eigenvalue weighted by Gasteiger charge is 2.27. The molecular formula is C19H18O4S2. The SMILES string of the molecule is CSc1ccc(C2=C(c3ccc(S(C)(=O)=O)c(C)c3)COC2=O)cc1. The van der Waals surface area contributed by atoms with Crippen molar-refractivity contribution >= 4 is 38.7 Å². The number of carbonyl (C=O) groups excluding carboxylic acids is 1. The van der Waals surface area contributed by atoms with Crippen LogP contribution in [0.25, 0.3) is 11.1 Å². The topological polar surface area (TPSA) is 60.4 Å². The number of sulfone groups is 1. The fraction of sp³-hybridized carbons (Fsp3) is 0.211. The van der Waals surface area contributed by atoms with E-state index in [1.807, 2.05) is 30.5 Å². The van der Waals surface area contributed by atoms with E-state index in [9.17, 15) is 13.2 Å². The maximum absolute atomic E-state index is 12.2. The Labute approximate surface area is 151 Å². The fourth-order valence-electron chi connectivity index (χ4n) is 2.94. The van der Waals surface area contributed by atoms with E-state index in [4.69, 9.17) is 4.74 Å². The number of hydrogen-bond donors (Lipinski definition) is 0. The molecule has 0 saturated carbocycles. The number of ether oxygens (including phenoxy) is 1. The highest BCUT2D eigenvalue weighted by atomic mass is 32.2. The molecule has 130 valence electrons. The third kappa shape index (κ3) is 3.50. The minimum atomic E-state index is -3.27. The van der Waals surface area contributed by atoms with Gasteiger partial charge in [0.05, 0.1) is 10.5 Å². The summed E-state index contributed by atoms with van der Waals surface area (Å²) in [6.07, 6.45) is 3.19. The van der Waals surface area contributed by atoms with Crippen LogP contribution in [0, 0.1) is 6.92 Å². The van der Waals surface area contributed by atoms with E-state index in [0.717, 1.165) is 21.6 Å². The number of carbonyl (C=O) groups is 1. The molecule has 1 heterocycles. The summed E-state index contributed by atoms with van der Waals surface area (Å²) in [6, 6.07) is 12.9. The molecule has 25 heavy (non-hydrogen) atoms. The average Bonchev–Trinajstić information content (AvgIpc) is 2.95. The summed E-state index contributed by atoms with van der Waals surface area (Å²) in [5.41, 5.74) is 3.59. The van der Waals surface area contributed by atoms with Crippen LogP contribution in [0.3, 0.4) is 0 Å². The molecular weight excluding hydrogens is 356 g/mol. The first-order chi connectivity index (χ1) is 11.8. The van der Waals surface area contributed by atoms with Crippen molar-refractivity contribution in [2.24, 2.45) is 0 Å². The van der Waals surface area contributed by atoms with Crippen LogP contribution in [-0.4, -0.2) is 33.5 Å². The van der Waals surface area contributed by atoms with Crippen LogP contribution in [0.1, 0.15) is 16.7 Å². The molecule has 0 unspecified atom stereocenters. The Morgan fingerprint density at radius 2 is 1.68 bits per heavy atom. The van der Waals surface area contributed by atoms with Gasteiger partial charge in [-0.15, -0.1) is 11.8 Å². The molecule has 0 N–H and O–H groups in total. The van der Waals surface area contributed by atoms with Gasteiger partial charge in [-0.3, -0.25) is 0 Å². The van der Waals surface area contributed by atoms with E-state index < -0.39 is 9.84 Å². The highest BCUT2D eigenvalue weighted by Crippen LogP contribution is 2.34. The molecule has 0 atom stereocenters. The molecule has 0 bridgehead atoms. The number of thioether (sulfide) groups is 1. The van der Waals surface area contributed by atoms with E-state index in [0.29, 0.717) is 16.0 Å². The summed E-state index contributed by atoms with van der Waals surface area (Å²) < 4.78 is 28.8. The van der Waals surface area contributed by atoms with E-state index in [1.54, 1.807) is 36.9 Å². The quantitative estimate of drug-likeness (QED) is 0.605. The molecule has 2 aromatic carbocycles. The third-order valence-electron chi connectivity index (χ3n) is 4.16. The molecule has 3 rings (SSSR count). The number of esters is 1. The predicted octanol–water partition coefficient (Wildman–Crippen LogP) is 3.59. The lowest BCUT2D eigenvalue weighted by Crippen LogP contribution is -2.01. The first-order valence-electron chi connectivity index (χ1n) is 7.67. The van der Waals surface area contributed by atoms with Gasteiger partial charge in [-0.05, 0) is 48.1 Å². The van der Waals surface area contributed by atoms with Gasteiger partial charge in [-0.2, -0.15) is 0 Å². The van der Waals surface area contributed by atoms with E-state index in [2.05, 4.69) is 0 Å². The summed E-state index contributed by atoms with van der Waals surface area (Å²) in [7, 11) is -3.27. The van der Waals surface area contributed by atoms with E-state index in [1.165, 1.54) is 6.26 Å². The minimum Gasteiger partial charge on any atom is -0.457 e. The second-order valence-corrected chi connectivity index (χ2v) is 8.77. The van der Waals surface area contributed by atoms with Gasteiger partial charge < -0.3 is 4.74 Å². The fourth-order valence-corrected chi connectivity index (χ4v) is 4.30. The summed E-state index contributed by atoms with van der Waals surface area (Å²) in [6.45, 7) is 1.95.